The van der Waals surface area contributed by atoms with Crippen LogP contribution in [0.2, 0.25) is 0 Å². The molecule has 1 aliphatic rings. The summed E-state index contributed by atoms with van der Waals surface area (Å²) >= 11 is 3.30. The molecule has 0 aromatic heterocycles. The van der Waals surface area contributed by atoms with Gasteiger partial charge in [-0.05, 0) is 33.6 Å². The molecule has 0 saturated heterocycles. The minimum atomic E-state index is -0.266. The van der Waals surface area contributed by atoms with Crippen molar-refractivity contribution < 1.29 is 9.13 Å². The highest BCUT2D eigenvalue weighted by atomic mass is 79.9. The molecule has 21 heavy (non-hydrogen) atoms. The van der Waals surface area contributed by atoms with E-state index < -0.39 is 0 Å². The normalized spacial score (nSPS) is 14.3. The number of halogens is 2. The Labute approximate surface area is 131 Å². The zero-order chi connectivity index (χ0) is 14.8. The van der Waals surface area contributed by atoms with E-state index in [1.807, 2.05) is 35.2 Å². The number of rotatable bonds is 2. The molecule has 0 amide bonds. The van der Waals surface area contributed by atoms with E-state index >= 15 is 0 Å². The first-order valence-electron chi connectivity index (χ1n) is 6.83. The molecule has 1 aliphatic heterocycles. The molecule has 0 bridgehead atoms. The van der Waals surface area contributed by atoms with Crippen LogP contribution in [0.1, 0.15) is 11.1 Å². The van der Waals surface area contributed by atoms with E-state index in [2.05, 4.69) is 15.9 Å². The molecule has 0 atom stereocenters. The minimum Gasteiger partial charge on any atom is -0.491 e. The average molecular weight is 351 g/mol. The fraction of sp³-hybridized carbons (Fsp3) is 0.250. The first-order valence-corrected chi connectivity index (χ1v) is 7.62. The first-order chi connectivity index (χ1) is 10.2. The van der Waals surface area contributed by atoms with Gasteiger partial charge in [-0.15, -0.1) is 0 Å². The number of hydrogen-bond donors (Lipinski definition) is 1. The summed E-state index contributed by atoms with van der Waals surface area (Å²) in [5, 5.41) is 0. The highest BCUT2D eigenvalue weighted by Gasteiger charge is 2.20. The molecular formula is C16H16BrFN2O. The van der Waals surface area contributed by atoms with E-state index in [1.54, 1.807) is 6.07 Å². The van der Waals surface area contributed by atoms with Gasteiger partial charge in [0.05, 0.1) is 16.7 Å². The van der Waals surface area contributed by atoms with Crippen LogP contribution in [-0.2, 0) is 13.1 Å². The number of anilines is 1. The van der Waals surface area contributed by atoms with Crippen molar-refractivity contribution in [1.29, 1.82) is 0 Å². The van der Waals surface area contributed by atoms with Crippen molar-refractivity contribution in [2.45, 2.75) is 13.1 Å². The Morgan fingerprint density at radius 3 is 2.86 bits per heavy atom. The van der Waals surface area contributed by atoms with Crippen molar-refractivity contribution in [3.63, 3.8) is 0 Å². The second kappa shape index (κ2) is 6.03. The fourth-order valence-electron chi connectivity index (χ4n) is 2.51. The molecule has 5 heteroatoms. The van der Waals surface area contributed by atoms with Crippen LogP contribution in [-0.4, -0.2) is 13.2 Å². The molecule has 0 unspecified atom stereocenters. The van der Waals surface area contributed by atoms with Gasteiger partial charge in [-0.3, -0.25) is 0 Å². The number of fused-ring (bicyclic) bond motifs is 1. The maximum atomic E-state index is 14.6. The van der Waals surface area contributed by atoms with Gasteiger partial charge in [0, 0.05) is 18.7 Å². The summed E-state index contributed by atoms with van der Waals surface area (Å²) in [6.07, 6.45) is 0. The molecule has 0 aliphatic carbocycles. The van der Waals surface area contributed by atoms with Crippen molar-refractivity contribution in [2.24, 2.45) is 5.73 Å². The standard InChI is InChI=1S/C16H16BrFN2O/c17-15-11(9-19)5-6-13(16(15)18)20-7-8-21-14-4-2-1-3-12(14)10-20/h1-6H,7-10,19H2. The summed E-state index contributed by atoms with van der Waals surface area (Å²) < 4.78 is 20.7. The maximum Gasteiger partial charge on any atom is 0.160 e. The van der Waals surface area contributed by atoms with Crippen LogP contribution in [0.3, 0.4) is 0 Å². The summed E-state index contributed by atoms with van der Waals surface area (Å²) in [7, 11) is 0. The van der Waals surface area contributed by atoms with Gasteiger partial charge in [0.2, 0.25) is 0 Å². The molecular weight excluding hydrogens is 335 g/mol. The Bertz CT molecular complexity index is 663. The van der Waals surface area contributed by atoms with Gasteiger partial charge in [0.25, 0.3) is 0 Å². The third kappa shape index (κ3) is 2.76. The number of benzene rings is 2. The predicted molar refractivity (Wildman–Crippen MR) is 85.0 cm³/mol. The van der Waals surface area contributed by atoms with Crippen molar-refractivity contribution in [2.75, 3.05) is 18.1 Å². The van der Waals surface area contributed by atoms with E-state index in [0.717, 1.165) is 16.9 Å². The fourth-order valence-corrected chi connectivity index (χ4v) is 3.01. The molecule has 2 N–H and O–H groups in total. The molecule has 2 aromatic rings. The van der Waals surface area contributed by atoms with Gasteiger partial charge in [-0.1, -0.05) is 24.3 Å². The van der Waals surface area contributed by atoms with E-state index in [0.29, 0.717) is 36.4 Å². The Hall–Kier alpha value is -1.59. The molecule has 110 valence electrons. The monoisotopic (exact) mass is 350 g/mol. The van der Waals surface area contributed by atoms with Crippen molar-refractivity contribution in [3.8, 4) is 5.75 Å². The van der Waals surface area contributed by atoms with Crippen LogP contribution < -0.4 is 15.4 Å². The van der Waals surface area contributed by atoms with Gasteiger partial charge in [0.1, 0.15) is 12.4 Å². The molecule has 0 fully saturated rings. The van der Waals surface area contributed by atoms with Crippen LogP contribution in [0.4, 0.5) is 10.1 Å². The molecule has 2 aromatic carbocycles. The third-order valence-corrected chi connectivity index (χ3v) is 4.51. The SMILES string of the molecule is NCc1ccc(N2CCOc3ccccc3C2)c(F)c1Br. The largest absolute Gasteiger partial charge is 0.491 e. The Kier molecular flexibility index (Phi) is 4.12. The lowest BCUT2D eigenvalue weighted by molar-refractivity contribution is 0.331. The second-order valence-electron chi connectivity index (χ2n) is 4.95. The van der Waals surface area contributed by atoms with E-state index in [-0.39, 0.29) is 5.82 Å². The Morgan fingerprint density at radius 2 is 2.05 bits per heavy atom. The summed E-state index contributed by atoms with van der Waals surface area (Å²) in [5.74, 6) is 0.607. The molecule has 0 spiro atoms. The van der Waals surface area contributed by atoms with Crippen LogP contribution in [0.15, 0.2) is 40.9 Å². The highest BCUT2D eigenvalue weighted by Crippen LogP contribution is 2.32. The highest BCUT2D eigenvalue weighted by molar-refractivity contribution is 9.10. The summed E-state index contributed by atoms with van der Waals surface area (Å²) in [6, 6.07) is 11.5. The van der Waals surface area contributed by atoms with E-state index in [9.17, 15) is 4.39 Å². The minimum absolute atomic E-state index is 0.266. The van der Waals surface area contributed by atoms with Gasteiger partial charge in [-0.2, -0.15) is 0 Å². The average Bonchev–Trinajstić information content (AvgIpc) is 2.72. The molecule has 0 saturated carbocycles. The molecule has 0 radical (unpaired) electrons. The number of ether oxygens (including phenoxy) is 1. The zero-order valence-corrected chi connectivity index (χ0v) is 13.1. The number of hydrogen-bond acceptors (Lipinski definition) is 3. The topological polar surface area (TPSA) is 38.5 Å². The maximum absolute atomic E-state index is 14.6. The van der Waals surface area contributed by atoms with Gasteiger partial charge in [-0.25, -0.2) is 4.39 Å². The van der Waals surface area contributed by atoms with Gasteiger partial charge < -0.3 is 15.4 Å². The van der Waals surface area contributed by atoms with E-state index in [1.165, 1.54) is 0 Å². The Morgan fingerprint density at radius 1 is 1.24 bits per heavy atom. The van der Waals surface area contributed by atoms with Crippen molar-refractivity contribution in [1.82, 2.24) is 0 Å². The number of nitrogens with zero attached hydrogens (tertiary/aromatic N) is 1. The summed E-state index contributed by atoms with van der Waals surface area (Å²) in [4.78, 5) is 1.99. The van der Waals surface area contributed by atoms with Gasteiger partial charge >= 0.3 is 0 Å². The van der Waals surface area contributed by atoms with Crippen LogP contribution in [0.25, 0.3) is 0 Å². The summed E-state index contributed by atoms with van der Waals surface area (Å²) in [5.41, 5.74) is 8.00. The van der Waals surface area contributed by atoms with E-state index in [4.69, 9.17) is 10.5 Å². The molecule has 1 heterocycles. The predicted octanol–water partition coefficient (Wildman–Crippen LogP) is 3.45. The smallest absolute Gasteiger partial charge is 0.160 e. The molecule has 3 nitrogen and oxygen atoms in total. The summed E-state index contributed by atoms with van der Waals surface area (Å²) in [6.45, 7) is 2.11. The van der Waals surface area contributed by atoms with Crippen LogP contribution in [0, 0.1) is 5.82 Å². The third-order valence-electron chi connectivity index (χ3n) is 3.66. The lowest BCUT2D eigenvalue weighted by Crippen LogP contribution is -2.26. The van der Waals surface area contributed by atoms with Crippen molar-refractivity contribution >= 4 is 21.6 Å². The lowest BCUT2D eigenvalue weighted by atomic mass is 10.1. The zero-order valence-electron chi connectivity index (χ0n) is 11.5. The van der Waals surface area contributed by atoms with Crippen molar-refractivity contribution in [3.05, 3.63) is 57.8 Å². The Balaban J connectivity index is 1.96. The first kappa shape index (κ1) is 14.4. The lowest BCUT2D eigenvalue weighted by Gasteiger charge is -2.23. The number of nitrogens with two attached hydrogens (primary N) is 1. The van der Waals surface area contributed by atoms with Gasteiger partial charge in [0.15, 0.2) is 5.82 Å². The van der Waals surface area contributed by atoms with Crippen LogP contribution >= 0.6 is 15.9 Å². The van der Waals surface area contributed by atoms with Crippen LogP contribution in [0.5, 0.6) is 5.75 Å². The quantitative estimate of drug-likeness (QED) is 0.901. The number of para-hydroxylation sites is 1. The molecule has 3 rings (SSSR count). The second-order valence-corrected chi connectivity index (χ2v) is 5.75.